The van der Waals surface area contributed by atoms with Gasteiger partial charge in [-0.25, -0.2) is 0 Å². The van der Waals surface area contributed by atoms with Crippen LogP contribution in [-0.4, -0.2) is 24.7 Å². The van der Waals surface area contributed by atoms with Gasteiger partial charge in [0.15, 0.2) is 11.0 Å². The molecule has 21 heavy (non-hydrogen) atoms. The molecule has 6 heteroatoms. The zero-order valence-electron chi connectivity index (χ0n) is 11.7. The molecule has 0 spiro atoms. The highest BCUT2D eigenvalue weighted by atomic mass is 32.2. The van der Waals surface area contributed by atoms with Crippen LogP contribution in [0.3, 0.4) is 0 Å². The minimum atomic E-state index is 0.833. The van der Waals surface area contributed by atoms with E-state index in [1.54, 1.807) is 30.4 Å². The summed E-state index contributed by atoms with van der Waals surface area (Å²) in [7, 11) is 0. The van der Waals surface area contributed by atoms with Gasteiger partial charge in [-0.15, -0.1) is 10.2 Å². The highest BCUT2D eigenvalue weighted by molar-refractivity contribution is 7.98. The first-order valence-corrected chi connectivity index (χ1v) is 7.72. The maximum absolute atomic E-state index is 4.32. The zero-order valence-corrected chi connectivity index (χ0v) is 12.5. The van der Waals surface area contributed by atoms with Crippen LogP contribution in [0.25, 0.3) is 11.4 Å². The summed E-state index contributed by atoms with van der Waals surface area (Å²) in [4.78, 5) is 8.17. The summed E-state index contributed by atoms with van der Waals surface area (Å²) in [5, 5.41) is 9.56. The van der Waals surface area contributed by atoms with Crippen molar-refractivity contribution in [1.82, 2.24) is 24.7 Å². The van der Waals surface area contributed by atoms with Crippen molar-refractivity contribution in [3.63, 3.8) is 0 Å². The molecule has 3 aromatic rings. The van der Waals surface area contributed by atoms with Gasteiger partial charge in [0.2, 0.25) is 0 Å². The van der Waals surface area contributed by atoms with E-state index in [-0.39, 0.29) is 0 Å². The smallest absolute Gasteiger partial charge is 0.191 e. The molecule has 0 amide bonds. The minimum Gasteiger partial charge on any atom is -0.302 e. The highest BCUT2D eigenvalue weighted by Gasteiger charge is 2.12. The van der Waals surface area contributed by atoms with E-state index in [0.29, 0.717) is 0 Å². The van der Waals surface area contributed by atoms with Crippen molar-refractivity contribution < 1.29 is 0 Å². The van der Waals surface area contributed by atoms with E-state index in [0.717, 1.165) is 28.8 Å². The van der Waals surface area contributed by atoms with E-state index in [9.17, 15) is 0 Å². The van der Waals surface area contributed by atoms with Crippen molar-refractivity contribution in [3.05, 3.63) is 54.6 Å². The fourth-order valence-corrected chi connectivity index (χ4v) is 2.96. The normalized spacial score (nSPS) is 10.7. The van der Waals surface area contributed by atoms with Crippen LogP contribution in [0.15, 0.2) is 54.2 Å². The molecule has 3 aromatic heterocycles. The van der Waals surface area contributed by atoms with Crippen LogP contribution in [0.1, 0.15) is 12.5 Å². The molecule has 0 radical (unpaired) electrons. The third kappa shape index (κ3) is 3.11. The molecule has 0 fully saturated rings. The summed E-state index contributed by atoms with van der Waals surface area (Å²) in [6.45, 7) is 2.93. The molecule has 0 saturated carbocycles. The lowest BCUT2D eigenvalue weighted by Gasteiger charge is -2.07. The molecule has 0 bridgehead atoms. The number of aromatic nitrogens is 5. The molecular formula is C15H15N5S. The van der Waals surface area contributed by atoms with Crippen molar-refractivity contribution in [1.29, 1.82) is 0 Å². The zero-order chi connectivity index (χ0) is 14.5. The van der Waals surface area contributed by atoms with Crippen LogP contribution in [0.5, 0.6) is 0 Å². The molecular weight excluding hydrogens is 282 g/mol. The van der Waals surface area contributed by atoms with Gasteiger partial charge in [0.25, 0.3) is 0 Å². The molecule has 0 aliphatic carbocycles. The molecule has 3 rings (SSSR count). The van der Waals surface area contributed by atoms with Crippen LogP contribution in [-0.2, 0) is 12.3 Å². The van der Waals surface area contributed by atoms with E-state index < -0.39 is 0 Å². The van der Waals surface area contributed by atoms with Gasteiger partial charge in [-0.05, 0) is 30.7 Å². The van der Waals surface area contributed by atoms with Crippen molar-refractivity contribution in [2.45, 2.75) is 24.4 Å². The Bertz CT molecular complexity index is 697. The highest BCUT2D eigenvalue weighted by Crippen LogP contribution is 2.25. The molecule has 5 nitrogen and oxygen atoms in total. The van der Waals surface area contributed by atoms with Gasteiger partial charge in [0, 0.05) is 42.6 Å². The Balaban J connectivity index is 1.82. The number of hydrogen-bond donors (Lipinski definition) is 0. The van der Waals surface area contributed by atoms with Crippen LogP contribution >= 0.6 is 11.8 Å². The molecule has 0 aliphatic rings. The quantitative estimate of drug-likeness (QED) is 0.677. The number of nitrogens with zero attached hydrogens (tertiary/aromatic N) is 5. The van der Waals surface area contributed by atoms with Crippen molar-refractivity contribution in [2.75, 3.05) is 0 Å². The first-order valence-electron chi connectivity index (χ1n) is 6.73. The third-order valence-electron chi connectivity index (χ3n) is 3.06. The fraction of sp³-hybridized carbons (Fsp3) is 0.200. The second-order valence-corrected chi connectivity index (χ2v) is 5.38. The van der Waals surface area contributed by atoms with Gasteiger partial charge in [0.05, 0.1) is 0 Å². The average Bonchev–Trinajstić information content (AvgIpc) is 2.97. The lowest BCUT2D eigenvalue weighted by atomic mass is 10.2. The van der Waals surface area contributed by atoms with Gasteiger partial charge in [-0.1, -0.05) is 17.8 Å². The van der Waals surface area contributed by atoms with E-state index in [1.165, 1.54) is 5.56 Å². The summed E-state index contributed by atoms with van der Waals surface area (Å²) >= 11 is 1.67. The Morgan fingerprint density at radius 3 is 2.62 bits per heavy atom. The maximum atomic E-state index is 4.32. The Morgan fingerprint density at radius 1 is 1.05 bits per heavy atom. The molecule has 0 N–H and O–H groups in total. The standard InChI is InChI=1S/C15H15N5S/c1-2-20-14(13-5-8-16-9-6-13)18-19-15(20)21-11-12-4-3-7-17-10-12/h3-10H,2,11H2,1H3. The van der Waals surface area contributed by atoms with Gasteiger partial charge in [-0.3, -0.25) is 9.97 Å². The molecule has 0 atom stereocenters. The second kappa shape index (κ2) is 6.49. The monoisotopic (exact) mass is 297 g/mol. The summed E-state index contributed by atoms with van der Waals surface area (Å²) in [6, 6.07) is 7.91. The van der Waals surface area contributed by atoms with Crippen molar-refractivity contribution >= 4 is 11.8 Å². The van der Waals surface area contributed by atoms with Gasteiger partial charge in [0.1, 0.15) is 0 Å². The average molecular weight is 297 g/mol. The van der Waals surface area contributed by atoms with Crippen molar-refractivity contribution in [2.24, 2.45) is 0 Å². The van der Waals surface area contributed by atoms with E-state index in [2.05, 4.69) is 37.7 Å². The van der Waals surface area contributed by atoms with Crippen LogP contribution in [0.2, 0.25) is 0 Å². The molecule has 0 unspecified atom stereocenters. The summed E-state index contributed by atoms with van der Waals surface area (Å²) in [5.41, 5.74) is 2.21. The van der Waals surface area contributed by atoms with E-state index >= 15 is 0 Å². The number of rotatable bonds is 5. The Morgan fingerprint density at radius 2 is 1.90 bits per heavy atom. The summed E-state index contributed by atoms with van der Waals surface area (Å²) in [6.07, 6.45) is 7.20. The predicted molar refractivity (Wildman–Crippen MR) is 82.7 cm³/mol. The first-order chi connectivity index (χ1) is 10.4. The van der Waals surface area contributed by atoms with Gasteiger partial charge in [-0.2, -0.15) is 0 Å². The Labute approximate surface area is 127 Å². The number of thioether (sulfide) groups is 1. The Kier molecular flexibility index (Phi) is 4.25. The summed E-state index contributed by atoms with van der Waals surface area (Å²) in [5.74, 6) is 1.72. The van der Waals surface area contributed by atoms with E-state index in [4.69, 9.17) is 0 Å². The number of pyridine rings is 2. The summed E-state index contributed by atoms with van der Waals surface area (Å²) < 4.78 is 2.12. The van der Waals surface area contributed by atoms with Gasteiger partial charge >= 0.3 is 0 Å². The maximum Gasteiger partial charge on any atom is 0.191 e. The lowest BCUT2D eigenvalue weighted by Crippen LogP contribution is -2.00. The molecule has 0 aliphatic heterocycles. The molecule has 0 saturated heterocycles. The van der Waals surface area contributed by atoms with Crippen LogP contribution < -0.4 is 0 Å². The molecule has 106 valence electrons. The SMILES string of the molecule is CCn1c(SCc2cccnc2)nnc1-c1ccncc1. The number of hydrogen-bond acceptors (Lipinski definition) is 5. The fourth-order valence-electron chi connectivity index (χ4n) is 2.03. The topological polar surface area (TPSA) is 56.5 Å². The van der Waals surface area contributed by atoms with Crippen molar-refractivity contribution in [3.8, 4) is 11.4 Å². The van der Waals surface area contributed by atoms with Crippen LogP contribution in [0.4, 0.5) is 0 Å². The first kappa shape index (κ1) is 13.8. The predicted octanol–water partition coefficient (Wildman–Crippen LogP) is 3.05. The van der Waals surface area contributed by atoms with Crippen LogP contribution in [0, 0.1) is 0 Å². The largest absolute Gasteiger partial charge is 0.302 e. The second-order valence-electron chi connectivity index (χ2n) is 4.44. The van der Waals surface area contributed by atoms with Gasteiger partial charge < -0.3 is 4.57 Å². The lowest BCUT2D eigenvalue weighted by molar-refractivity contribution is 0.687. The third-order valence-corrected chi connectivity index (χ3v) is 4.10. The van der Waals surface area contributed by atoms with E-state index in [1.807, 2.05) is 24.4 Å². The Hall–Kier alpha value is -2.21. The molecule has 0 aromatic carbocycles. The minimum absolute atomic E-state index is 0.833. The molecule has 3 heterocycles.